The van der Waals surface area contributed by atoms with E-state index in [0.717, 1.165) is 5.76 Å². The van der Waals surface area contributed by atoms with Gasteiger partial charge in [0.25, 0.3) is 0 Å². The molecular formula is C16H21N3O3S. The van der Waals surface area contributed by atoms with Crippen molar-refractivity contribution in [2.45, 2.75) is 10.9 Å². The van der Waals surface area contributed by atoms with Crippen molar-refractivity contribution in [3.05, 3.63) is 48.4 Å². The Morgan fingerprint density at radius 3 is 2.61 bits per heavy atom. The van der Waals surface area contributed by atoms with Gasteiger partial charge in [-0.05, 0) is 38.4 Å². The third-order valence-electron chi connectivity index (χ3n) is 3.40. The summed E-state index contributed by atoms with van der Waals surface area (Å²) in [7, 11) is 2.67. The molecule has 7 heteroatoms. The van der Waals surface area contributed by atoms with Crippen LogP contribution in [0.5, 0.6) is 0 Å². The van der Waals surface area contributed by atoms with Gasteiger partial charge in [0.1, 0.15) is 5.76 Å². The van der Waals surface area contributed by atoms with Crippen molar-refractivity contribution < 1.29 is 13.4 Å². The van der Waals surface area contributed by atoms with E-state index in [4.69, 9.17) is 4.42 Å². The summed E-state index contributed by atoms with van der Waals surface area (Å²) in [6.45, 7) is 0.393. The summed E-state index contributed by atoms with van der Waals surface area (Å²) in [5.41, 5.74) is 0.547. The third kappa shape index (κ3) is 4.67. The van der Waals surface area contributed by atoms with E-state index in [1.54, 1.807) is 36.8 Å². The first-order valence-corrected chi connectivity index (χ1v) is 8.72. The second-order valence-electron chi connectivity index (χ2n) is 5.28. The number of carbonyl (C=O) groups is 1. The SMILES string of the molecule is CN(C)[C@H](CNC(=O)Nc1ccccc1[S@@](C)=O)c1ccco1. The van der Waals surface area contributed by atoms with Gasteiger partial charge in [-0.15, -0.1) is 0 Å². The summed E-state index contributed by atoms with van der Waals surface area (Å²) in [5, 5.41) is 5.56. The van der Waals surface area contributed by atoms with Gasteiger partial charge in [-0.3, -0.25) is 9.11 Å². The van der Waals surface area contributed by atoms with E-state index in [1.165, 1.54) is 0 Å². The number of nitrogens with zero attached hydrogens (tertiary/aromatic N) is 1. The number of hydrogen-bond acceptors (Lipinski definition) is 4. The van der Waals surface area contributed by atoms with Crippen LogP contribution in [-0.4, -0.2) is 42.0 Å². The highest BCUT2D eigenvalue weighted by molar-refractivity contribution is 7.84. The quantitative estimate of drug-likeness (QED) is 0.850. The van der Waals surface area contributed by atoms with Crippen LogP contribution in [0.1, 0.15) is 11.8 Å². The molecule has 2 aromatic rings. The number of hydrogen-bond donors (Lipinski definition) is 2. The number of amides is 2. The zero-order valence-electron chi connectivity index (χ0n) is 13.4. The lowest BCUT2D eigenvalue weighted by molar-refractivity contribution is 0.233. The Kier molecular flexibility index (Phi) is 5.95. The predicted octanol–water partition coefficient (Wildman–Crippen LogP) is 2.44. The molecule has 1 aromatic heterocycles. The Bertz CT molecular complexity index is 671. The summed E-state index contributed by atoms with van der Waals surface area (Å²) in [6, 6.07) is 10.3. The van der Waals surface area contributed by atoms with Crippen LogP contribution in [0.3, 0.4) is 0 Å². The number of anilines is 1. The van der Waals surface area contributed by atoms with Gasteiger partial charge < -0.3 is 15.1 Å². The third-order valence-corrected chi connectivity index (χ3v) is 4.37. The molecule has 0 bridgehead atoms. The second-order valence-corrected chi connectivity index (χ2v) is 6.63. The number of para-hydroxylation sites is 1. The van der Waals surface area contributed by atoms with Gasteiger partial charge in [-0.1, -0.05) is 12.1 Å². The van der Waals surface area contributed by atoms with Crippen LogP contribution in [0.4, 0.5) is 10.5 Å². The Balaban J connectivity index is 1.99. The molecule has 2 atom stereocenters. The van der Waals surface area contributed by atoms with Crippen molar-refractivity contribution in [2.75, 3.05) is 32.2 Å². The van der Waals surface area contributed by atoms with Crippen molar-refractivity contribution in [3.8, 4) is 0 Å². The van der Waals surface area contributed by atoms with E-state index >= 15 is 0 Å². The van der Waals surface area contributed by atoms with Crippen molar-refractivity contribution in [1.29, 1.82) is 0 Å². The lowest BCUT2D eigenvalue weighted by Crippen LogP contribution is -2.36. The van der Waals surface area contributed by atoms with Gasteiger partial charge in [-0.2, -0.15) is 0 Å². The topological polar surface area (TPSA) is 74.6 Å². The molecule has 2 amide bonds. The van der Waals surface area contributed by atoms with Gasteiger partial charge >= 0.3 is 6.03 Å². The zero-order valence-corrected chi connectivity index (χ0v) is 14.2. The molecule has 0 spiro atoms. The van der Waals surface area contributed by atoms with E-state index in [2.05, 4.69) is 10.6 Å². The summed E-state index contributed by atoms with van der Waals surface area (Å²) >= 11 is 0. The average molecular weight is 335 g/mol. The summed E-state index contributed by atoms with van der Waals surface area (Å²) in [5.74, 6) is 0.783. The first-order chi connectivity index (χ1) is 11.0. The minimum Gasteiger partial charge on any atom is -0.468 e. The largest absolute Gasteiger partial charge is 0.468 e. The van der Waals surface area contributed by atoms with Crippen LogP contribution in [0.2, 0.25) is 0 Å². The minimum atomic E-state index is -1.17. The highest BCUT2D eigenvalue weighted by Gasteiger charge is 2.18. The van der Waals surface area contributed by atoms with Crippen LogP contribution < -0.4 is 10.6 Å². The zero-order chi connectivity index (χ0) is 16.8. The Morgan fingerprint density at radius 1 is 1.26 bits per heavy atom. The van der Waals surface area contributed by atoms with E-state index in [-0.39, 0.29) is 12.1 Å². The fourth-order valence-electron chi connectivity index (χ4n) is 2.19. The van der Waals surface area contributed by atoms with Crippen molar-refractivity contribution in [3.63, 3.8) is 0 Å². The fraction of sp³-hybridized carbons (Fsp3) is 0.312. The molecule has 0 unspecified atom stereocenters. The lowest BCUT2D eigenvalue weighted by Gasteiger charge is -2.22. The second kappa shape index (κ2) is 7.94. The van der Waals surface area contributed by atoms with Crippen LogP contribution in [0.25, 0.3) is 0 Å². The van der Waals surface area contributed by atoms with E-state index in [0.29, 0.717) is 17.1 Å². The normalized spacial score (nSPS) is 13.6. The van der Waals surface area contributed by atoms with Crippen LogP contribution >= 0.6 is 0 Å². The number of urea groups is 1. The molecule has 0 radical (unpaired) electrons. The summed E-state index contributed by atoms with van der Waals surface area (Å²) in [6.07, 6.45) is 3.19. The number of carbonyl (C=O) groups excluding carboxylic acids is 1. The van der Waals surface area contributed by atoms with E-state index in [1.807, 2.05) is 31.1 Å². The molecule has 2 N–H and O–H groups in total. The molecule has 2 rings (SSSR count). The molecule has 1 heterocycles. The van der Waals surface area contributed by atoms with Gasteiger partial charge in [0.15, 0.2) is 0 Å². The standard InChI is InChI=1S/C16H21N3O3S/c1-19(2)13(14-8-6-10-22-14)11-17-16(20)18-12-7-4-5-9-15(12)23(3)21/h4-10,13H,11H2,1-3H3,(H2,17,18,20)/t13-,23-/m1/s1. The van der Waals surface area contributed by atoms with Crippen LogP contribution in [-0.2, 0) is 10.8 Å². The Labute approximate surface area is 138 Å². The first kappa shape index (κ1) is 17.2. The summed E-state index contributed by atoms with van der Waals surface area (Å²) in [4.78, 5) is 14.7. The van der Waals surface area contributed by atoms with Crippen molar-refractivity contribution in [1.82, 2.24) is 10.2 Å². The Morgan fingerprint density at radius 2 is 2.00 bits per heavy atom. The minimum absolute atomic E-state index is 0.0636. The van der Waals surface area contributed by atoms with Crippen LogP contribution in [0.15, 0.2) is 52.0 Å². The molecule has 0 saturated carbocycles. The fourth-order valence-corrected chi connectivity index (χ4v) is 2.89. The predicted molar refractivity (Wildman–Crippen MR) is 90.9 cm³/mol. The molecule has 1 aromatic carbocycles. The maximum absolute atomic E-state index is 12.1. The molecular weight excluding hydrogens is 314 g/mol. The highest BCUT2D eigenvalue weighted by atomic mass is 32.2. The Hall–Kier alpha value is -2.12. The molecule has 23 heavy (non-hydrogen) atoms. The molecule has 124 valence electrons. The van der Waals surface area contributed by atoms with Crippen molar-refractivity contribution in [2.24, 2.45) is 0 Å². The lowest BCUT2D eigenvalue weighted by atomic mass is 10.2. The number of likely N-dealkylation sites (N-methyl/N-ethyl adjacent to an activating group) is 1. The molecule has 0 saturated heterocycles. The maximum atomic E-state index is 12.1. The number of nitrogens with one attached hydrogen (secondary N) is 2. The maximum Gasteiger partial charge on any atom is 0.319 e. The number of furan rings is 1. The number of rotatable bonds is 6. The van der Waals surface area contributed by atoms with Gasteiger partial charge in [0, 0.05) is 12.8 Å². The average Bonchev–Trinajstić information content (AvgIpc) is 3.01. The van der Waals surface area contributed by atoms with Gasteiger partial charge in [0.05, 0.1) is 33.7 Å². The highest BCUT2D eigenvalue weighted by Crippen LogP contribution is 2.19. The van der Waals surface area contributed by atoms with Crippen molar-refractivity contribution >= 4 is 22.5 Å². The summed E-state index contributed by atoms with van der Waals surface area (Å²) < 4.78 is 17.1. The molecule has 0 aliphatic rings. The smallest absolute Gasteiger partial charge is 0.319 e. The van der Waals surface area contributed by atoms with E-state index < -0.39 is 10.8 Å². The van der Waals surface area contributed by atoms with Gasteiger partial charge in [-0.25, -0.2) is 4.79 Å². The van der Waals surface area contributed by atoms with E-state index in [9.17, 15) is 9.00 Å². The molecule has 0 aliphatic carbocycles. The van der Waals surface area contributed by atoms with Gasteiger partial charge in [0.2, 0.25) is 0 Å². The molecule has 6 nitrogen and oxygen atoms in total. The molecule has 0 fully saturated rings. The first-order valence-electron chi connectivity index (χ1n) is 7.16. The van der Waals surface area contributed by atoms with Crippen LogP contribution in [0, 0.1) is 0 Å². The molecule has 0 aliphatic heterocycles. The number of benzene rings is 1. The monoisotopic (exact) mass is 335 g/mol.